The van der Waals surface area contributed by atoms with Crippen molar-refractivity contribution in [3.8, 4) is 45.5 Å². The maximum atomic E-state index is 5.73. The van der Waals surface area contributed by atoms with Crippen LogP contribution in [0.3, 0.4) is 0 Å². The Hall–Kier alpha value is -10.5. The highest BCUT2D eigenvalue weighted by Gasteiger charge is 2.30. The number of aromatic nitrogens is 6. The van der Waals surface area contributed by atoms with Crippen molar-refractivity contribution in [2.45, 2.75) is 19.6 Å². The molecule has 6 aromatic heterocycles. The lowest BCUT2D eigenvalue weighted by atomic mass is 9.95. The van der Waals surface area contributed by atoms with Gasteiger partial charge in [-0.3, -0.25) is 9.13 Å². The van der Waals surface area contributed by atoms with E-state index >= 15 is 0 Å². The molecule has 0 radical (unpaired) electrons. The summed E-state index contributed by atoms with van der Waals surface area (Å²) in [6.45, 7) is 0. The number of benzene rings is 14. The smallest absolute Gasteiger partial charge is 0.235 e. The number of rotatable bonds is 3. The summed E-state index contributed by atoms with van der Waals surface area (Å²) in [4.78, 5) is 27.3. The van der Waals surface area contributed by atoms with E-state index in [-0.39, 0.29) is 0 Å². The van der Waals surface area contributed by atoms with Crippen molar-refractivity contribution in [3.63, 3.8) is 0 Å². The molecule has 2 aliphatic rings. The Morgan fingerprint density at radius 2 is 0.789 bits per heavy atom. The van der Waals surface area contributed by atoms with Crippen molar-refractivity contribution in [3.05, 3.63) is 243 Å². The first kappa shape index (κ1) is 48.5. The van der Waals surface area contributed by atoms with Crippen LogP contribution in [0.4, 0.5) is 0 Å². The summed E-state index contributed by atoms with van der Waals surface area (Å²) < 4.78 is 9.76. The molecule has 0 amide bonds. The highest BCUT2D eigenvalue weighted by Crippen LogP contribution is 2.54. The minimum atomic E-state index is 0.672. The number of thiophene rings is 2. The summed E-state index contributed by atoms with van der Waals surface area (Å²) in [5.74, 6) is 1.35. The second-order valence-electron chi connectivity index (χ2n) is 23.8. The molecular weight excluding hydrogens is 1170 g/mol. The van der Waals surface area contributed by atoms with E-state index < -0.39 is 0 Å². The van der Waals surface area contributed by atoms with Crippen molar-refractivity contribution in [2.24, 2.45) is 0 Å². The molecule has 0 N–H and O–H groups in total. The second-order valence-corrected chi connectivity index (χ2v) is 28.1. The first-order valence-corrected chi connectivity index (χ1v) is 33.5. The molecule has 0 fully saturated rings. The third kappa shape index (κ3) is 6.35. The van der Waals surface area contributed by atoms with Gasteiger partial charge in [-0.1, -0.05) is 199 Å². The first-order chi connectivity index (χ1) is 44.6. The quantitative estimate of drug-likeness (QED) is 0.176. The molecule has 0 aliphatic carbocycles. The van der Waals surface area contributed by atoms with Gasteiger partial charge in [0.25, 0.3) is 0 Å². The molecule has 14 aromatic carbocycles. The van der Waals surface area contributed by atoms with Gasteiger partial charge in [-0.25, -0.2) is 19.9 Å². The van der Waals surface area contributed by atoms with Gasteiger partial charge >= 0.3 is 0 Å². The molecule has 0 spiro atoms. The largest absolute Gasteiger partial charge is 0.276 e. The van der Waals surface area contributed by atoms with E-state index in [1.807, 2.05) is 22.7 Å². The van der Waals surface area contributed by atoms with Gasteiger partial charge in [0.05, 0.1) is 53.9 Å². The van der Waals surface area contributed by atoms with E-state index in [0.29, 0.717) is 11.9 Å². The lowest BCUT2D eigenvalue weighted by Crippen LogP contribution is -2.06. The van der Waals surface area contributed by atoms with E-state index in [2.05, 4.69) is 252 Å². The Morgan fingerprint density at radius 1 is 0.278 bits per heavy atom. The predicted octanol–water partition coefficient (Wildman–Crippen LogP) is 23.0. The summed E-state index contributed by atoms with van der Waals surface area (Å²) >= 11 is 7.35. The third-order valence-electron chi connectivity index (χ3n) is 19.3. The Kier molecular flexibility index (Phi) is 9.52. The van der Waals surface area contributed by atoms with Crippen LogP contribution in [-0.2, 0) is 0 Å². The molecule has 22 rings (SSSR count). The summed E-state index contributed by atoms with van der Waals surface area (Å²) in [7, 11) is 0. The van der Waals surface area contributed by atoms with Crippen LogP contribution < -0.4 is 0 Å². The van der Waals surface area contributed by atoms with E-state index in [1.54, 1.807) is 23.5 Å². The van der Waals surface area contributed by atoms with Crippen LogP contribution in [-0.4, -0.2) is 29.1 Å². The van der Waals surface area contributed by atoms with Crippen LogP contribution in [0, 0.1) is 0 Å². The van der Waals surface area contributed by atoms with Crippen LogP contribution in [0.5, 0.6) is 0 Å². The maximum Gasteiger partial charge on any atom is 0.235 e. The Balaban J connectivity index is 0.807. The fraction of sp³-hybridized carbons (Fsp3) is 0. The van der Waals surface area contributed by atoms with Crippen LogP contribution in [0.2, 0.25) is 0 Å². The molecular formula is C80H40N6S4. The predicted molar refractivity (Wildman–Crippen MR) is 382 cm³/mol. The third-order valence-corrected chi connectivity index (χ3v) is 23.9. The monoisotopic (exact) mass is 1210 g/mol. The minimum absolute atomic E-state index is 0.672. The minimum Gasteiger partial charge on any atom is -0.276 e. The van der Waals surface area contributed by atoms with E-state index in [1.165, 1.54) is 114 Å². The van der Waals surface area contributed by atoms with Crippen molar-refractivity contribution in [1.29, 1.82) is 0 Å². The SMILES string of the molecule is c1ccc2c(c1)Sc1cccc3nc(-n4c5ccc6ccccc6c5c5c6ccccc6c6c7cc(-c8ccc9c(ccc%10c%11c%12ccccc%12c%12c%13ccccc%13sc%12c%11n(-c%11nc%12c%13c(cccc%13n%11)Sc%11ccccc%11-%12)c9%10)c8)ccc7sc6c54)nc-2c13. The lowest BCUT2D eigenvalue weighted by Gasteiger charge is -2.20. The Morgan fingerprint density at radius 3 is 1.49 bits per heavy atom. The van der Waals surface area contributed by atoms with Crippen molar-refractivity contribution >= 4 is 195 Å². The zero-order chi connectivity index (χ0) is 58.2. The number of hydrogen-bond acceptors (Lipinski definition) is 8. The average molecular weight is 1210 g/mol. The average Bonchev–Trinajstić information content (AvgIpc) is 1.54. The van der Waals surface area contributed by atoms with Gasteiger partial charge in [0.1, 0.15) is 0 Å². The van der Waals surface area contributed by atoms with E-state index in [4.69, 9.17) is 19.9 Å². The first-order valence-electron chi connectivity index (χ1n) is 30.3. The molecule has 0 bridgehead atoms. The molecule has 414 valence electrons. The summed E-state index contributed by atoms with van der Waals surface area (Å²) in [6, 6.07) is 89.6. The second kappa shape index (κ2) is 17.7. The Labute approximate surface area is 527 Å². The molecule has 10 heteroatoms. The van der Waals surface area contributed by atoms with Crippen LogP contribution in [0.1, 0.15) is 0 Å². The van der Waals surface area contributed by atoms with Crippen LogP contribution in [0.25, 0.3) is 194 Å². The number of fused-ring (bicyclic) bond motifs is 28. The molecule has 0 atom stereocenters. The van der Waals surface area contributed by atoms with Crippen molar-refractivity contribution in [1.82, 2.24) is 29.1 Å². The van der Waals surface area contributed by atoms with Gasteiger partial charge < -0.3 is 0 Å². The van der Waals surface area contributed by atoms with Crippen LogP contribution in [0.15, 0.2) is 262 Å². The van der Waals surface area contributed by atoms with Gasteiger partial charge in [-0.15, -0.1) is 22.7 Å². The molecule has 6 nitrogen and oxygen atoms in total. The van der Waals surface area contributed by atoms with Crippen molar-refractivity contribution in [2.75, 3.05) is 0 Å². The number of hydrogen-bond donors (Lipinski definition) is 0. The molecule has 0 unspecified atom stereocenters. The molecule has 0 saturated heterocycles. The molecule has 2 aliphatic heterocycles. The van der Waals surface area contributed by atoms with Gasteiger partial charge in [0.2, 0.25) is 11.9 Å². The fourth-order valence-corrected chi connectivity index (χ4v) is 20.2. The molecule has 8 heterocycles. The standard InChI is InChI=1S/C80H40N6S4/c1-2-16-45-41(15-1)33-37-58-68(45)69-50-20-6-5-19-49(50)67-55-40-43(34-38-62(55)90-78(67)76(69)85(58)79-81-56-24-13-29-63-70(56)72(83-79)52-22-8-11-27-60(52)87-63)42-31-35-46-44(39-42)32-36-54-65-47-17-3-4-18-48(47)66-51-21-7-10-26-59(51)89-77(66)75(65)86(74(46)54)80-82-57-25-14-30-64-71(57)73(84-80)53-23-9-12-28-61(53)88-64/h1-40H. The van der Waals surface area contributed by atoms with Gasteiger partial charge in [0, 0.05) is 99.4 Å². The molecule has 20 aromatic rings. The zero-order valence-corrected chi connectivity index (χ0v) is 50.7. The van der Waals surface area contributed by atoms with Crippen molar-refractivity contribution < 1.29 is 0 Å². The summed E-state index contributed by atoms with van der Waals surface area (Å²) in [5, 5.41) is 21.7. The highest BCUT2D eigenvalue weighted by atomic mass is 32.2. The van der Waals surface area contributed by atoms with Gasteiger partial charge in [-0.05, 0) is 116 Å². The summed E-state index contributed by atoms with van der Waals surface area (Å²) in [5.41, 5.74) is 12.9. The maximum absolute atomic E-state index is 5.73. The van der Waals surface area contributed by atoms with Gasteiger partial charge in [-0.2, -0.15) is 0 Å². The summed E-state index contributed by atoms with van der Waals surface area (Å²) in [6.07, 6.45) is 0. The lowest BCUT2D eigenvalue weighted by molar-refractivity contribution is 1.01. The molecule has 0 saturated carbocycles. The molecule has 90 heavy (non-hydrogen) atoms. The number of nitrogens with zero attached hydrogens (tertiary/aromatic N) is 6. The Bertz CT molecular complexity index is 6750. The highest BCUT2D eigenvalue weighted by molar-refractivity contribution is 8.00. The fourth-order valence-electron chi connectivity index (χ4n) is 15.5. The van der Waals surface area contributed by atoms with Gasteiger partial charge in [0.15, 0.2) is 0 Å². The van der Waals surface area contributed by atoms with E-state index in [9.17, 15) is 0 Å². The normalized spacial score (nSPS) is 13.0. The topological polar surface area (TPSA) is 61.4 Å². The zero-order valence-electron chi connectivity index (χ0n) is 47.4. The van der Waals surface area contributed by atoms with Crippen LogP contribution >= 0.6 is 46.2 Å². The van der Waals surface area contributed by atoms with E-state index in [0.717, 1.165) is 88.3 Å².